The fraction of sp³-hybridized carbons (Fsp3) is 0.100. The third-order valence-corrected chi connectivity index (χ3v) is 1.89. The van der Waals surface area contributed by atoms with Gasteiger partial charge in [0.25, 0.3) is 6.54 Å². The third-order valence-electron chi connectivity index (χ3n) is 1.89. The molecule has 0 aliphatic carbocycles. The molecule has 0 aromatic carbocycles. The molecule has 0 aliphatic rings. The fourth-order valence-corrected chi connectivity index (χ4v) is 1.20. The number of hydrogen-bond donors (Lipinski definition) is 1. The lowest BCUT2D eigenvalue weighted by Gasteiger charge is -1.96. The molecule has 16 heavy (non-hydrogen) atoms. The summed E-state index contributed by atoms with van der Waals surface area (Å²) in [5.41, 5.74) is 0.752. The minimum atomic E-state index is -0.929. The first-order valence-corrected chi connectivity index (χ1v) is 4.60. The lowest BCUT2D eigenvalue weighted by molar-refractivity contribution is -0.743. The van der Waals surface area contributed by atoms with Crippen LogP contribution in [0.25, 0.3) is 11.4 Å². The molecule has 2 rings (SSSR count). The second kappa shape index (κ2) is 4.43. The molecule has 2 aromatic heterocycles. The average Bonchev–Trinajstić information content (AvgIpc) is 2.30. The van der Waals surface area contributed by atoms with Crippen molar-refractivity contribution in [3.8, 4) is 11.4 Å². The van der Waals surface area contributed by atoms with Gasteiger partial charge < -0.3 is 5.11 Å². The fourth-order valence-electron chi connectivity index (χ4n) is 1.20. The van der Waals surface area contributed by atoms with E-state index < -0.39 is 5.97 Å². The van der Waals surface area contributed by atoms with Crippen LogP contribution in [0.15, 0.2) is 36.9 Å². The summed E-state index contributed by atoms with van der Waals surface area (Å²) in [6.45, 7) is -0.157. The van der Waals surface area contributed by atoms with Crippen molar-refractivity contribution >= 4 is 5.97 Å². The van der Waals surface area contributed by atoms with Crippen molar-refractivity contribution in [1.29, 1.82) is 0 Å². The zero-order valence-electron chi connectivity index (χ0n) is 8.32. The van der Waals surface area contributed by atoms with E-state index in [9.17, 15) is 4.79 Å². The van der Waals surface area contributed by atoms with Crippen LogP contribution in [-0.4, -0.2) is 26.1 Å². The lowest BCUT2D eigenvalue weighted by atomic mass is 10.3. The Morgan fingerprint density at radius 1 is 1.38 bits per heavy atom. The summed E-state index contributed by atoms with van der Waals surface area (Å²) < 4.78 is 1.33. The lowest BCUT2D eigenvalue weighted by Crippen LogP contribution is -2.40. The number of hydrogen-bond acceptors (Lipinski definition) is 4. The predicted molar refractivity (Wildman–Crippen MR) is 53.1 cm³/mol. The molecule has 1 N–H and O–H groups in total. The van der Waals surface area contributed by atoms with E-state index in [0.29, 0.717) is 5.82 Å². The summed E-state index contributed by atoms with van der Waals surface area (Å²) in [7, 11) is 0. The molecule has 0 saturated heterocycles. The maximum Gasteiger partial charge on any atom is 0.372 e. The summed E-state index contributed by atoms with van der Waals surface area (Å²) in [4.78, 5) is 18.6. The Morgan fingerprint density at radius 2 is 2.12 bits per heavy atom. The molecular weight excluding hydrogens is 208 g/mol. The van der Waals surface area contributed by atoms with Crippen LogP contribution in [0.1, 0.15) is 0 Å². The smallest absolute Gasteiger partial charge is 0.372 e. The quantitative estimate of drug-likeness (QED) is 0.727. The van der Waals surface area contributed by atoms with Crippen LogP contribution in [0, 0.1) is 0 Å². The molecule has 0 atom stereocenters. The minimum Gasteiger partial charge on any atom is -0.476 e. The molecule has 2 aromatic rings. The summed E-state index contributed by atoms with van der Waals surface area (Å²) in [6.07, 6.45) is 6.40. The Hall–Kier alpha value is -2.37. The third kappa shape index (κ3) is 2.35. The molecule has 0 fully saturated rings. The Kier molecular flexibility index (Phi) is 2.81. The van der Waals surface area contributed by atoms with Gasteiger partial charge >= 0.3 is 5.97 Å². The van der Waals surface area contributed by atoms with E-state index in [1.54, 1.807) is 30.7 Å². The van der Waals surface area contributed by atoms with Gasteiger partial charge in [-0.15, -0.1) is 0 Å². The van der Waals surface area contributed by atoms with Crippen LogP contribution < -0.4 is 4.68 Å². The highest BCUT2D eigenvalue weighted by atomic mass is 16.4. The van der Waals surface area contributed by atoms with Gasteiger partial charge in [-0.1, -0.05) is 4.68 Å². The highest BCUT2D eigenvalue weighted by Gasteiger charge is 2.09. The zero-order valence-corrected chi connectivity index (χ0v) is 8.32. The number of nitrogens with zero attached hydrogens (tertiary/aromatic N) is 4. The Labute approximate surface area is 91.2 Å². The zero-order chi connectivity index (χ0) is 11.4. The summed E-state index contributed by atoms with van der Waals surface area (Å²) in [6, 6.07) is 3.45. The Balaban J connectivity index is 2.23. The number of aliphatic carboxylic acids is 1. The first kappa shape index (κ1) is 10.2. The minimum absolute atomic E-state index is 0.157. The van der Waals surface area contributed by atoms with E-state index >= 15 is 0 Å². The second-order valence-corrected chi connectivity index (χ2v) is 3.08. The average molecular weight is 217 g/mol. The molecule has 6 nitrogen and oxygen atoms in total. The normalized spacial score (nSPS) is 10.0. The predicted octanol–water partition coefficient (Wildman–Crippen LogP) is -0.0893. The molecule has 2 heterocycles. The van der Waals surface area contributed by atoms with Crippen molar-refractivity contribution in [3.63, 3.8) is 0 Å². The van der Waals surface area contributed by atoms with E-state index in [0.717, 1.165) is 5.56 Å². The van der Waals surface area contributed by atoms with Crippen LogP contribution >= 0.6 is 0 Å². The highest BCUT2D eigenvalue weighted by Crippen LogP contribution is 2.08. The standard InChI is InChI=1S/C10H8N4O2/c15-9(16)7-14-5-2-8(6-13-14)10-11-3-1-4-12-10/h1-6H,7H2/p+1. The molecule has 0 spiro atoms. The van der Waals surface area contributed by atoms with Crippen LogP contribution in [0.2, 0.25) is 0 Å². The van der Waals surface area contributed by atoms with Crippen molar-refractivity contribution in [1.82, 2.24) is 15.1 Å². The van der Waals surface area contributed by atoms with Gasteiger partial charge in [0.1, 0.15) is 6.20 Å². The summed E-state index contributed by atoms with van der Waals surface area (Å²) in [5.74, 6) is -0.362. The monoisotopic (exact) mass is 217 g/mol. The van der Waals surface area contributed by atoms with Gasteiger partial charge in [-0.25, -0.2) is 14.8 Å². The number of carboxylic acids is 1. The molecule has 0 saturated carbocycles. The molecule has 0 unspecified atom stereocenters. The number of aromatic nitrogens is 4. The molecule has 0 radical (unpaired) electrons. The Morgan fingerprint density at radius 3 is 2.69 bits per heavy atom. The number of rotatable bonds is 3. The van der Waals surface area contributed by atoms with Gasteiger partial charge in [0.15, 0.2) is 12.0 Å². The maximum atomic E-state index is 10.4. The second-order valence-electron chi connectivity index (χ2n) is 3.08. The van der Waals surface area contributed by atoms with Gasteiger partial charge in [-0.2, -0.15) is 0 Å². The van der Waals surface area contributed by atoms with E-state index in [4.69, 9.17) is 5.11 Å². The van der Waals surface area contributed by atoms with Crippen molar-refractivity contribution in [2.24, 2.45) is 0 Å². The molecular formula is C10H9N4O2+. The van der Waals surface area contributed by atoms with Gasteiger partial charge in [0.05, 0.1) is 0 Å². The van der Waals surface area contributed by atoms with E-state index in [1.165, 1.54) is 10.9 Å². The van der Waals surface area contributed by atoms with Crippen molar-refractivity contribution in [2.75, 3.05) is 0 Å². The Bertz CT molecular complexity index is 484. The maximum absolute atomic E-state index is 10.4. The van der Waals surface area contributed by atoms with Gasteiger partial charge in [-0.3, -0.25) is 0 Å². The van der Waals surface area contributed by atoms with Crippen LogP contribution in [-0.2, 0) is 11.3 Å². The summed E-state index contributed by atoms with van der Waals surface area (Å²) >= 11 is 0. The van der Waals surface area contributed by atoms with Crippen LogP contribution in [0.4, 0.5) is 0 Å². The highest BCUT2D eigenvalue weighted by molar-refractivity contribution is 5.64. The van der Waals surface area contributed by atoms with Crippen molar-refractivity contribution in [2.45, 2.75) is 6.54 Å². The first-order chi connectivity index (χ1) is 7.75. The van der Waals surface area contributed by atoms with Crippen molar-refractivity contribution < 1.29 is 14.6 Å². The number of carboxylic acid groups (broad SMARTS) is 1. The topological polar surface area (TPSA) is 79.9 Å². The number of carbonyl (C=O) groups is 1. The van der Waals surface area contributed by atoms with Crippen LogP contribution in [0.5, 0.6) is 0 Å². The molecule has 0 aliphatic heterocycles. The molecule has 6 heteroatoms. The van der Waals surface area contributed by atoms with Gasteiger partial charge in [0, 0.05) is 24.0 Å². The largest absolute Gasteiger partial charge is 0.476 e. The van der Waals surface area contributed by atoms with Gasteiger partial charge in [-0.05, 0) is 11.2 Å². The summed E-state index contributed by atoms with van der Waals surface area (Å²) in [5, 5.41) is 12.5. The van der Waals surface area contributed by atoms with E-state index in [-0.39, 0.29) is 6.54 Å². The van der Waals surface area contributed by atoms with E-state index in [1.807, 2.05) is 0 Å². The SMILES string of the molecule is O=C(O)C[n+]1ccc(-c2ncccn2)cn1. The first-order valence-electron chi connectivity index (χ1n) is 4.60. The van der Waals surface area contributed by atoms with Gasteiger partial charge in [0.2, 0.25) is 0 Å². The molecule has 0 bridgehead atoms. The molecule has 0 amide bonds. The van der Waals surface area contributed by atoms with Crippen LogP contribution in [0.3, 0.4) is 0 Å². The van der Waals surface area contributed by atoms with E-state index in [2.05, 4.69) is 15.1 Å². The van der Waals surface area contributed by atoms with Crippen molar-refractivity contribution in [3.05, 3.63) is 36.9 Å². The molecule has 80 valence electrons.